The van der Waals surface area contributed by atoms with E-state index >= 15 is 0 Å². The summed E-state index contributed by atoms with van der Waals surface area (Å²) < 4.78 is 0. The van der Waals surface area contributed by atoms with Gasteiger partial charge >= 0.3 is 0 Å². The fourth-order valence-electron chi connectivity index (χ4n) is 2.09. The lowest BCUT2D eigenvalue weighted by molar-refractivity contribution is 0.181. The van der Waals surface area contributed by atoms with Crippen molar-refractivity contribution in [3.63, 3.8) is 0 Å². The van der Waals surface area contributed by atoms with Crippen LogP contribution >= 0.6 is 0 Å². The third-order valence-electron chi connectivity index (χ3n) is 2.60. The first kappa shape index (κ1) is 6.62. The molecule has 2 heteroatoms. The minimum absolute atomic E-state index is 0.894. The highest BCUT2D eigenvalue weighted by atomic mass is 15.3. The number of rotatable bonds is 0. The molecule has 0 N–H and O–H groups in total. The molecule has 3 aliphatic rings. The lowest BCUT2D eigenvalue weighted by Gasteiger charge is -2.28. The highest BCUT2D eigenvalue weighted by Crippen LogP contribution is 2.12. The van der Waals surface area contributed by atoms with E-state index in [1.165, 1.54) is 39.3 Å². The van der Waals surface area contributed by atoms with Gasteiger partial charge in [-0.15, -0.1) is 0 Å². The minimum atomic E-state index is 0.894. The van der Waals surface area contributed by atoms with Crippen LogP contribution in [0.15, 0.2) is 0 Å². The van der Waals surface area contributed by atoms with Crippen LogP contribution in [0.2, 0.25) is 0 Å². The Bertz CT molecular complexity index is 102. The average molecular weight is 140 g/mol. The van der Waals surface area contributed by atoms with Crippen LogP contribution in [0.5, 0.6) is 0 Å². The summed E-state index contributed by atoms with van der Waals surface area (Å²) in [7, 11) is 0. The summed E-state index contributed by atoms with van der Waals surface area (Å²) in [5.41, 5.74) is 0. The van der Waals surface area contributed by atoms with E-state index in [9.17, 15) is 0 Å². The standard InChI is InChI=1S/C8H16N2/c1-8-6-9-2-3-10(7-8)5-4-9/h8H,2-7H2,1H3. The predicted molar refractivity (Wildman–Crippen MR) is 42.0 cm³/mol. The highest BCUT2D eigenvalue weighted by molar-refractivity contribution is 4.79. The largest absolute Gasteiger partial charge is 0.300 e. The van der Waals surface area contributed by atoms with Crippen LogP contribution in [0.1, 0.15) is 6.92 Å². The number of piperazine rings is 1. The van der Waals surface area contributed by atoms with E-state index in [0.29, 0.717) is 0 Å². The van der Waals surface area contributed by atoms with Crippen molar-refractivity contribution in [3.05, 3.63) is 0 Å². The zero-order chi connectivity index (χ0) is 6.97. The first-order chi connectivity index (χ1) is 4.84. The summed E-state index contributed by atoms with van der Waals surface area (Å²) in [5.74, 6) is 0.894. The van der Waals surface area contributed by atoms with Crippen molar-refractivity contribution in [2.75, 3.05) is 39.3 Å². The maximum Gasteiger partial charge on any atom is 0.0110 e. The van der Waals surface area contributed by atoms with Crippen LogP contribution in [0.25, 0.3) is 0 Å². The van der Waals surface area contributed by atoms with Gasteiger partial charge in [-0.1, -0.05) is 6.92 Å². The van der Waals surface area contributed by atoms with Crippen LogP contribution in [-0.2, 0) is 0 Å². The normalized spacial score (nSPS) is 47.1. The Hall–Kier alpha value is -0.0800. The molecule has 10 heavy (non-hydrogen) atoms. The summed E-state index contributed by atoms with van der Waals surface area (Å²) in [6, 6.07) is 0. The van der Waals surface area contributed by atoms with Crippen molar-refractivity contribution in [2.45, 2.75) is 6.92 Å². The Morgan fingerprint density at radius 1 is 0.900 bits per heavy atom. The molecule has 58 valence electrons. The average Bonchev–Trinajstić information content (AvgIpc) is 2.17. The van der Waals surface area contributed by atoms with E-state index in [1.807, 2.05) is 0 Å². The van der Waals surface area contributed by atoms with Crippen molar-refractivity contribution >= 4 is 0 Å². The summed E-state index contributed by atoms with van der Waals surface area (Å²) in [4.78, 5) is 5.18. The number of hydrogen-bond donors (Lipinski definition) is 0. The van der Waals surface area contributed by atoms with Gasteiger partial charge in [0.1, 0.15) is 0 Å². The van der Waals surface area contributed by atoms with E-state index in [4.69, 9.17) is 0 Å². The summed E-state index contributed by atoms with van der Waals surface area (Å²) in [5, 5.41) is 0. The molecule has 2 bridgehead atoms. The topological polar surface area (TPSA) is 6.48 Å². The van der Waals surface area contributed by atoms with Gasteiger partial charge in [0.15, 0.2) is 0 Å². The zero-order valence-electron chi connectivity index (χ0n) is 6.71. The van der Waals surface area contributed by atoms with E-state index in [-0.39, 0.29) is 0 Å². The molecule has 0 radical (unpaired) electrons. The Morgan fingerprint density at radius 3 is 1.70 bits per heavy atom. The second-order valence-corrected chi connectivity index (χ2v) is 3.71. The van der Waals surface area contributed by atoms with Crippen LogP contribution in [-0.4, -0.2) is 49.1 Å². The molecule has 3 heterocycles. The fourth-order valence-corrected chi connectivity index (χ4v) is 2.09. The highest BCUT2D eigenvalue weighted by Gasteiger charge is 2.24. The molecule has 3 saturated heterocycles. The van der Waals surface area contributed by atoms with Gasteiger partial charge < -0.3 is 9.80 Å². The van der Waals surface area contributed by atoms with Crippen molar-refractivity contribution in [2.24, 2.45) is 5.92 Å². The SMILES string of the molecule is CC1CN2CCN(CC2)C1. The molecule has 0 unspecified atom stereocenters. The Kier molecular flexibility index (Phi) is 1.66. The first-order valence-electron chi connectivity index (χ1n) is 4.29. The molecule has 3 aliphatic heterocycles. The molecule has 0 aromatic carbocycles. The zero-order valence-corrected chi connectivity index (χ0v) is 6.71. The third-order valence-corrected chi connectivity index (χ3v) is 2.60. The monoisotopic (exact) mass is 140 g/mol. The van der Waals surface area contributed by atoms with Crippen molar-refractivity contribution in [3.8, 4) is 0 Å². The molecule has 0 atom stereocenters. The molecule has 0 amide bonds. The van der Waals surface area contributed by atoms with Crippen molar-refractivity contribution in [1.82, 2.24) is 9.80 Å². The lowest BCUT2D eigenvalue weighted by Crippen LogP contribution is -2.42. The number of fused-ring (bicyclic) bond motifs is 4. The van der Waals surface area contributed by atoms with E-state index < -0.39 is 0 Å². The van der Waals surface area contributed by atoms with Gasteiger partial charge in [-0.25, -0.2) is 0 Å². The van der Waals surface area contributed by atoms with Crippen LogP contribution < -0.4 is 0 Å². The summed E-state index contributed by atoms with van der Waals surface area (Å²) >= 11 is 0. The Balaban J connectivity index is 2.05. The van der Waals surface area contributed by atoms with Gasteiger partial charge in [0, 0.05) is 39.3 Å². The second kappa shape index (κ2) is 2.51. The Morgan fingerprint density at radius 2 is 1.30 bits per heavy atom. The number of hydrogen-bond acceptors (Lipinski definition) is 2. The molecular weight excluding hydrogens is 124 g/mol. The molecule has 3 fully saturated rings. The fraction of sp³-hybridized carbons (Fsp3) is 1.00. The molecule has 0 aliphatic carbocycles. The minimum Gasteiger partial charge on any atom is -0.300 e. The predicted octanol–water partition coefficient (Wildman–Crippen LogP) is 0.254. The van der Waals surface area contributed by atoms with E-state index in [0.717, 1.165) is 5.92 Å². The lowest BCUT2D eigenvalue weighted by atomic mass is 10.2. The smallest absolute Gasteiger partial charge is 0.0110 e. The molecule has 3 rings (SSSR count). The van der Waals surface area contributed by atoms with Gasteiger partial charge in [-0.2, -0.15) is 0 Å². The van der Waals surface area contributed by atoms with Gasteiger partial charge in [0.05, 0.1) is 0 Å². The van der Waals surface area contributed by atoms with Gasteiger partial charge in [-0.05, 0) is 5.92 Å². The number of nitrogens with zero attached hydrogens (tertiary/aromatic N) is 2. The first-order valence-corrected chi connectivity index (χ1v) is 4.29. The summed E-state index contributed by atoms with van der Waals surface area (Å²) in [6.45, 7) is 10.3. The van der Waals surface area contributed by atoms with Crippen LogP contribution in [0.3, 0.4) is 0 Å². The second-order valence-electron chi connectivity index (χ2n) is 3.71. The van der Waals surface area contributed by atoms with Crippen LogP contribution in [0, 0.1) is 5.92 Å². The quantitative estimate of drug-likeness (QED) is 0.476. The maximum absolute atomic E-state index is 2.59. The third kappa shape index (κ3) is 1.18. The van der Waals surface area contributed by atoms with Gasteiger partial charge in [-0.3, -0.25) is 0 Å². The van der Waals surface area contributed by atoms with E-state index in [1.54, 1.807) is 0 Å². The molecule has 2 nitrogen and oxygen atoms in total. The summed E-state index contributed by atoms with van der Waals surface area (Å²) in [6.07, 6.45) is 0. The molecule has 0 saturated carbocycles. The van der Waals surface area contributed by atoms with Gasteiger partial charge in [0.2, 0.25) is 0 Å². The maximum atomic E-state index is 2.59. The van der Waals surface area contributed by atoms with Crippen molar-refractivity contribution < 1.29 is 0 Å². The van der Waals surface area contributed by atoms with Crippen molar-refractivity contribution in [1.29, 1.82) is 0 Å². The molecule has 0 aromatic rings. The van der Waals surface area contributed by atoms with Crippen LogP contribution in [0.4, 0.5) is 0 Å². The Labute approximate surface area is 62.8 Å². The molecule has 0 spiro atoms. The molecular formula is C8H16N2. The molecule has 0 aromatic heterocycles. The van der Waals surface area contributed by atoms with E-state index in [2.05, 4.69) is 16.7 Å². The van der Waals surface area contributed by atoms with Gasteiger partial charge in [0.25, 0.3) is 0 Å².